The fraction of sp³-hybridized carbons (Fsp3) is 0.455. The second-order valence-electron chi connectivity index (χ2n) is 3.93. The van der Waals surface area contributed by atoms with Crippen molar-refractivity contribution in [1.82, 2.24) is 15.3 Å². The lowest BCUT2D eigenvalue weighted by Crippen LogP contribution is -2.42. The van der Waals surface area contributed by atoms with Crippen LogP contribution in [0.3, 0.4) is 0 Å². The molecule has 1 rings (SSSR count). The third-order valence-corrected chi connectivity index (χ3v) is 3.21. The maximum absolute atomic E-state index is 12.1. The van der Waals surface area contributed by atoms with Crippen LogP contribution in [0.4, 0.5) is 0 Å². The number of carbonyl (C=O) groups is 2. The van der Waals surface area contributed by atoms with Gasteiger partial charge in [0.05, 0.1) is 5.56 Å². The van der Waals surface area contributed by atoms with E-state index < -0.39 is 23.6 Å². The van der Waals surface area contributed by atoms with E-state index in [9.17, 15) is 14.4 Å². The Kier molecular flexibility index (Phi) is 5.71. The van der Waals surface area contributed by atoms with Crippen molar-refractivity contribution in [3.8, 4) is 0 Å². The summed E-state index contributed by atoms with van der Waals surface area (Å²) in [6.07, 6.45) is 1.55. The van der Waals surface area contributed by atoms with Gasteiger partial charge >= 0.3 is 11.7 Å². The third kappa shape index (κ3) is 3.81. The number of aromatic amines is 1. The lowest BCUT2D eigenvalue weighted by Gasteiger charge is -2.15. The summed E-state index contributed by atoms with van der Waals surface area (Å²) < 4.78 is 0. The summed E-state index contributed by atoms with van der Waals surface area (Å²) in [5.41, 5.74) is -0.144. The predicted octanol–water partition coefficient (Wildman–Crippen LogP) is -0.634. The number of H-pyrrole nitrogens is 1. The van der Waals surface area contributed by atoms with Crippen molar-refractivity contribution in [1.29, 1.82) is 0 Å². The van der Waals surface area contributed by atoms with Gasteiger partial charge in [-0.1, -0.05) is 0 Å². The fourth-order valence-electron chi connectivity index (χ4n) is 1.59. The molecule has 0 bridgehead atoms. The zero-order valence-electron chi connectivity index (χ0n) is 11.0. The highest BCUT2D eigenvalue weighted by atomic mass is 32.2. The molecule has 1 aromatic heterocycles. The van der Waals surface area contributed by atoms with Crippen LogP contribution in [-0.2, 0) is 4.79 Å². The number of nitrogens with one attached hydrogen (secondary N) is 2. The molecule has 1 atom stereocenters. The van der Waals surface area contributed by atoms with Gasteiger partial charge < -0.3 is 20.5 Å². The van der Waals surface area contributed by atoms with Crippen LogP contribution in [0.5, 0.6) is 0 Å². The topological polar surface area (TPSA) is 132 Å². The van der Waals surface area contributed by atoms with Crippen molar-refractivity contribution < 1.29 is 19.8 Å². The SMILES string of the molecule is CSc1nc(=O)[nH]c(C)c1C(=O)N[C@@H](CCO)C(=O)O. The number of thioether (sulfide) groups is 1. The van der Waals surface area contributed by atoms with Crippen LogP contribution in [0, 0.1) is 6.92 Å². The quantitative estimate of drug-likeness (QED) is 0.406. The number of hydrogen-bond acceptors (Lipinski definition) is 6. The van der Waals surface area contributed by atoms with E-state index in [1.165, 1.54) is 6.92 Å². The molecule has 1 heterocycles. The van der Waals surface area contributed by atoms with E-state index in [1.54, 1.807) is 6.26 Å². The second kappa shape index (κ2) is 7.06. The molecule has 0 unspecified atom stereocenters. The molecule has 0 aromatic carbocycles. The summed E-state index contributed by atoms with van der Waals surface area (Å²) in [6.45, 7) is 1.16. The first-order valence-electron chi connectivity index (χ1n) is 5.70. The Balaban J connectivity index is 3.08. The highest BCUT2D eigenvalue weighted by molar-refractivity contribution is 7.98. The molecular formula is C11H15N3O5S. The summed E-state index contributed by atoms with van der Waals surface area (Å²) in [6, 6.07) is -1.20. The van der Waals surface area contributed by atoms with Gasteiger partial charge in [0.1, 0.15) is 11.1 Å². The van der Waals surface area contributed by atoms with Crippen molar-refractivity contribution in [2.75, 3.05) is 12.9 Å². The number of aliphatic hydroxyl groups excluding tert-OH is 1. The molecule has 0 aliphatic carbocycles. The largest absolute Gasteiger partial charge is 0.480 e. The zero-order chi connectivity index (χ0) is 15.3. The van der Waals surface area contributed by atoms with E-state index in [0.717, 1.165) is 11.8 Å². The maximum atomic E-state index is 12.1. The van der Waals surface area contributed by atoms with E-state index in [4.69, 9.17) is 10.2 Å². The van der Waals surface area contributed by atoms with Gasteiger partial charge in [-0.25, -0.2) is 9.59 Å². The fourth-order valence-corrected chi connectivity index (χ4v) is 2.22. The van der Waals surface area contributed by atoms with Crippen molar-refractivity contribution in [3.63, 3.8) is 0 Å². The number of carboxylic acids is 1. The van der Waals surface area contributed by atoms with Crippen LogP contribution in [0.25, 0.3) is 0 Å². The number of carbonyl (C=O) groups excluding carboxylic acids is 1. The summed E-state index contributed by atoms with van der Waals surface area (Å²) in [5, 5.41) is 20.2. The number of rotatable bonds is 6. The standard InChI is InChI=1S/C11H15N3O5S/c1-5-7(9(20-2)14-11(19)12-5)8(16)13-6(3-4-15)10(17)18/h6,15H,3-4H2,1-2H3,(H,13,16)(H,17,18)(H,12,14,19)/t6-/m0/s1. The van der Waals surface area contributed by atoms with Crippen LogP contribution in [-0.4, -0.2) is 51.0 Å². The molecule has 0 fully saturated rings. The lowest BCUT2D eigenvalue weighted by atomic mass is 10.1. The molecule has 8 nitrogen and oxygen atoms in total. The van der Waals surface area contributed by atoms with Gasteiger partial charge in [-0.3, -0.25) is 4.79 Å². The van der Waals surface area contributed by atoms with Crippen molar-refractivity contribution in [3.05, 3.63) is 21.7 Å². The molecule has 0 spiro atoms. The summed E-state index contributed by atoms with van der Waals surface area (Å²) in [4.78, 5) is 40.4. The number of amides is 1. The van der Waals surface area contributed by atoms with Gasteiger partial charge in [-0.15, -0.1) is 11.8 Å². The molecule has 9 heteroatoms. The smallest absolute Gasteiger partial charge is 0.346 e. The van der Waals surface area contributed by atoms with Crippen LogP contribution >= 0.6 is 11.8 Å². The molecule has 0 aliphatic heterocycles. The van der Waals surface area contributed by atoms with E-state index >= 15 is 0 Å². The highest BCUT2D eigenvalue weighted by Crippen LogP contribution is 2.18. The van der Waals surface area contributed by atoms with Crippen LogP contribution < -0.4 is 11.0 Å². The summed E-state index contributed by atoms with van der Waals surface area (Å²) in [5.74, 6) is -1.90. The third-order valence-electron chi connectivity index (χ3n) is 2.53. The average molecular weight is 301 g/mol. The molecule has 0 saturated carbocycles. The molecular weight excluding hydrogens is 286 g/mol. The van der Waals surface area contributed by atoms with E-state index in [-0.39, 0.29) is 23.6 Å². The first kappa shape index (κ1) is 16.2. The molecule has 1 aromatic rings. The van der Waals surface area contributed by atoms with Gasteiger partial charge in [0.15, 0.2) is 0 Å². The number of aryl methyl sites for hydroxylation is 1. The van der Waals surface area contributed by atoms with Gasteiger partial charge in [-0.05, 0) is 13.2 Å². The zero-order valence-corrected chi connectivity index (χ0v) is 11.8. The molecule has 110 valence electrons. The number of aliphatic hydroxyl groups is 1. The predicted molar refractivity (Wildman–Crippen MR) is 72.0 cm³/mol. The minimum atomic E-state index is -1.24. The Morgan fingerprint density at radius 2 is 2.15 bits per heavy atom. The van der Waals surface area contributed by atoms with Crippen LogP contribution in [0.1, 0.15) is 22.5 Å². The van der Waals surface area contributed by atoms with E-state index in [0.29, 0.717) is 5.69 Å². The number of aliphatic carboxylic acids is 1. The Morgan fingerprint density at radius 1 is 1.50 bits per heavy atom. The first-order chi connectivity index (χ1) is 9.40. The van der Waals surface area contributed by atoms with Gasteiger partial charge in [0.2, 0.25) is 0 Å². The van der Waals surface area contributed by atoms with Gasteiger partial charge in [0, 0.05) is 18.7 Å². The van der Waals surface area contributed by atoms with Crippen molar-refractivity contribution in [2.24, 2.45) is 0 Å². The molecule has 0 aliphatic rings. The van der Waals surface area contributed by atoms with Crippen molar-refractivity contribution in [2.45, 2.75) is 24.4 Å². The Labute approximate surface area is 118 Å². The van der Waals surface area contributed by atoms with E-state index in [1.807, 2.05) is 0 Å². The number of hydrogen-bond donors (Lipinski definition) is 4. The minimum absolute atomic E-state index is 0.106. The number of nitrogens with zero attached hydrogens (tertiary/aromatic N) is 1. The summed E-state index contributed by atoms with van der Waals surface area (Å²) >= 11 is 1.11. The maximum Gasteiger partial charge on any atom is 0.346 e. The van der Waals surface area contributed by atoms with Crippen LogP contribution in [0.2, 0.25) is 0 Å². The lowest BCUT2D eigenvalue weighted by molar-refractivity contribution is -0.139. The second-order valence-corrected chi connectivity index (χ2v) is 4.72. The Hall–Kier alpha value is -1.87. The highest BCUT2D eigenvalue weighted by Gasteiger charge is 2.23. The first-order valence-corrected chi connectivity index (χ1v) is 6.92. The molecule has 1 amide bonds. The van der Waals surface area contributed by atoms with E-state index in [2.05, 4.69) is 15.3 Å². The normalized spacial score (nSPS) is 11.9. The van der Waals surface area contributed by atoms with Crippen LogP contribution in [0.15, 0.2) is 9.82 Å². The minimum Gasteiger partial charge on any atom is -0.480 e. The average Bonchev–Trinajstić information content (AvgIpc) is 2.36. The number of carboxylic acid groups (broad SMARTS) is 1. The molecule has 0 radical (unpaired) electrons. The molecule has 0 saturated heterocycles. The Morgan fingerprint density at radius 3 is 2.65 bits per heavy atom. The number of aromatic nitrogens is 2. The van der Waals surface area contributed by atoms with Crippen molar-refractivity contribution >= 4 is 23.6 Å². The molecule has 20 heavy (non-hydrogen) atoms. The monoisotopic (exact) mass is 301 g/mol. The van der Waals surface area contributed by atoms with Gasteiger partial charge in [-0.2, -0.15) is 4.98 Å². The molecule has 4 N–H and O–H groups in total. The Bertz CT molecular complexity index is 572. The summed E-state index contributed by atoms with van der Waals surface area (Å²) in [7, 11) is 0. The van der Waals surface area contributed by atoms with Gasteiger partial charge in [0.25, 0.3) is 5.91 Å².